The zero-order chi connectivity index (χ0) is 22.3. The van der Waals surface area contributed by atoms with Crippen molar-refractivity contribution in [3.8, 4) is 5.75 Å². The zero-order valence-corrected chi connectivity index (χ0v) is 19.8. The van der Waals surface area contributed by atoms with E-state index in [-0.39, 0.29) is 5.91 Å². The van der Waals surface area contributed by atoms with Crippen LogP contribution in [0.5, 0.6) is 5.75 Å². The fourth-order valence-corrected chi connectivity index (χ4v) is 4.89. The lowest BCUT2D eigenvalue weighted by atomic mass is 10.2. The van der Waals surface area contributed by atoms with E-state index in [9.17, 15) is 4.79 Å². The van der Waals surface area contributed by atoms with Crippen molar-refractivity contribution in [2.45, 2.75) is 31.2 Å². The van der Waals surface area contributed by atoms with Gasteiger partial charge in [0.15, 0.2) is 5.13 Å². The predicted octanol–water partition coefficient (Wildman–Crippen LogP) is 6.44. The number of thiazole rings is 1. The summed E-state index contributed by atoms with van der Waals surface area (Å²) in [5, 5.41) is 0.679. The van der Waals surface area contributed by atoms with Crippen molar-refractivity contribution in [1.82, 2.24) is 9.97 Å². The molecule has 2 aromatic carbocycles. The molecule has 2 aromatic heterocycles. The average Bonchev–Trinajstić information content (AvgIpc) is 3.27. The highest BCUT2D eigenvalue weighted by Gasteiger charge is 2.22. The lowest BCUT2D eigenvalue weighted by molar-refractivity contribution is 0.0985. The summed E-state index contributed by atoms with van der Waals surface area (Å²) in [6.07, 6.45) is 7.65. The summed E-state index contributed by atoms with van der Waals surface area (Å²) in [4.78, 5) is 25.5. The summed E-state index contributed by atoms with van der Waals surface area (Å²) in [6, 6.07) is 17.3. The summed E-state index contributed by atoms with van der Waals surface area (Å²) >= 11 is 3.19. The number of amides is 1. The lowest BCUT2D eigenvalue weighted by Crippen LogP contribution is -2.30. The van der Waals surface area contributed by atoms with Crippen LogP contribution in [0.2, 0.25) is 0 Å². The quantitative estimate of drug-likeness (QED) is 0.211. The third kappa shape index (κ3) is 5.11. The Morgan fingerprint density at radius 1 is 1.12 bits per heavy atom. The van der Waals surface area contributed by atoms with Gasteiger partial charge >= 0.3 is 0 Å². The van der Waals surface area contributed by atoms with Gasteiger partial charge in [0.1, 0.15) is 5.75 Å². The fraction of sp³-hybridized carbons (Fsp3) is 0.240. The molecule has 0 saturated heterocycles. The number of benzene rings is 2. The highest BCUT2D eigenvalue weighted by atomic mass is 32.2. The number of aromatic nitrogens is 2. The van der Waals surface area contributed by atoms with E-state index in [1.807, 2.05) is 54.8 Å². The first-order valence-corrected chi connectivity index (χ1v) is 12.6. The molecule has 0 spiro atoms. The van der Waals surface area contributed by atoms with E-state index in [1.54, 1.807) is 29.1 Å². The molecule has 0 aliphatic heterocycles. The van der Waals surface area contributed by atoms with Gasteiger partial charge in [0.05, 0.1) is 23.4 Å². The Bertz CT molecular complexity index is 1180. The van der Waals surface area contributed by atoms with Gasteiger partial charge in [-0.15, -0.1) is 11.8 Å². The number of rotatable bonds is 9. The number of para-hydroxylation sites is 1. The largest absolute Gasteiger partial charge is 0.494 e. The maximum atomic E-state index is 13.6. The number of unbranched alkanes of at least 4 members (excludes halogenated alkanes) is 1. The molecule has 0 radical (unpaired) electrons. The van der Waals surface area contributed by atoms with Crippen LogP contribution in [0.3, 0.4) is 0 Å². The zero-order valence-electron chi connectivity index (χ0n) is 18.2. The Kier molecular flexibility index (Phi) is 7.39. The summed E-state index contributed by atoms with van der Waals surface area (Å²) in [6.45, 7) is 3.21. The lowest BCUT2D eigenvalue weighted by Gasteiger charge is -2.20. The van der Waals surface area contributed by atoms with Crippen molar-refractivity contribution in [2.75, 3.05) is 17.8 Å². The summed E-state index contributed by atoms with van der Waals surface area (Å²) in [5.74, 6) is 0.678. The van der Waals surface area contributed by atoms with Crippen LogP contribution in [-0.2, 0) is 6.54 Å². The molecule has 7 heteroatoms. The molecule has 0 fully saturated rings. The van der Waals surface area contributed by atoms with E-state index in [0.717, 1.165) is 39.3 Å². The molecule has 0 saturated carbocycles. The molecular formula is C25H25N3O2S2. The van der Waals surface area contributed by atoms with Gasteiger partial charge in [0, 0.05) is 22.9 Å². The second-order valence-corrected chi connectivity index (χ2v) is 9.14. The average molecular weight is 464 g/mol. The number of ether oxygens (including phenoxy) is 1. The van der Waals surface area contributed by atoms with Gasteiger partial charge in [-0.25, -0.2) is 4.98 Å². The van der Waals surface area contributed by atoms with Crippen LogP contribution in [0.25, 0.3) is 10.2 Å². The number of carbonyl (C=O) groups excluding carboxylic acids is 1. The van der Waals surface area contributed by atoms with Gasteiger partial charge in [-0.2, -0.15) is 0 Å². The van der Waals surface area contributed by atoms with E-state index in [4.69, 9.17) is 9.72 Å². The van der Waals surface area contributed by atoms with Crippen LogP contribution in [-0.4, -0.2) is 28.7 Å². The van der Waals surface area contributed by atoms with Crippen LogP contribution >= 0.6 is 23.1 Å². The number of carbonyl (C=O) groups is 1. The van der Waals surface area contributed by atoms with Crippen LogP contribution in [0.1, 0.15) is 35.7 Å². The minimum atomic E-state index is -0.0984. The SMILES string of the molecule is CCCCOc1ccc(C(=O)N(Cc2cccnc2)c2nc3c(SC)cccc3s2)cc1. The third-order valence-corrected chi connectivity index (χ3v) is 6.81. The number of thioether (sulfide) groups is 1. The normalized spacial score (nSPS) is 10.9. The Balaban J connectivity index is 1.66. The second kappa shape index (κ2) is 10.6. The maximum absolute atomic E-state index is 13.6. The second-order valence-electron chi connectivity index (χ2n) is 7.28. The first-order valence-electron chi connectivity index (χ1n) is 10.6. The molecule has 1 amide bonds. The summed E-state index contributed by atoms with van der Waals surface area (Å²) in [7, 11) is 0. The van der Waals surface area contributed by atoms with Crippen molar-refractivity contribution in [3.63, 3.8) is 0 Å². The molecule has 0 bridgehead atoms. The standard InChI is InChI=1S/C25H25N3O2S2/c1-3-4-15-30-20-12-10-19(11-13-20)24(29)28(17-18-7-6-14-26-16-18)25-27-23-21(31-2)8-5-9-22(23)32-25/h5-14,16H,3-4,15,17H2,1-2H3. The van der Waals surface area contributed by atoms with E-state index in [0.29, 0.717) is 23.8 Å². The molecule has 164 valence electrons. The first-order chi connectivity index (χ1) is 15.7. The Hall–Kier alpha value is -2.90. The molecule has 0 aliphatic rings. The number of fused-ring (bicyclic) bond motifs is 1. The molecule has 0 N–H and O–H groups in total. The predicted molar refractivity (Wildman–Crippen MR) is 133 cm³/mol. The molecule has 0 atom stereocenters. The van der Waals surface area contributed by atoms with E-state index in [2.05, 4.69) is 18.0 Å². The molecule has 4 aromatic rings. The summed E-state index contributed by atoms with van der Waals surface area (Å²) < 4.78 is 6.81. The van der Waals surface area contributed by atoms with Crippen molar-refractivity contribution in [1.29, 1.82) is 0 Å². The van der Waals surface area contributed by atoms with Crippen LogP contribution in [0, 0.1) is 0 Å². The van der Waals surface area contributed by atoms with Gasteiger partial charge in [0.2, 0.25) is 0 Å². The monoisotopic (exact) mass is 463 g/mol. The van der Waals surface area contributed by atoms with E-state index < -0.39 is 0 Å². The van der Waals surface area contributed by atoms with Crippen molar-refractivity contribution in [3.05, 3.63) is 78.1 Å². The Morgan fingerprint density at radius 2 is 1.97 bits per heavy atom. The molecule has 0 unspecified atom stereocenters. The van der Waals surface area contributed by atoms with E-state index in [1.165, 1.54) is 11.3 Å². The first kappa shape index (κ1) is 22.3. The number of anilines is 1. The highest BCUT2D eigenvalue weighted by Crippen LogP contribution is 2.35. The summed E-state index contributed by atoms with van der Waals surface area (Å²) in [5.41, 5.74) is 2.48. The molecule has 5 nitrogen and oxygen atoms in total. The van der Waals surface area contributed by atoms with Gasteiger partial charge in [0.25, 0.3) is 5.91 Å². The minimum absolute atomic E-state index is 0.0984. The Labute approximate surface area is 196 Å². The highest BCUT2D eigenvalue weighted by molar-refractivity contribution is 7.98. The van der Waals surface area contributed by atoms with Gasteiger partial charge < -0.3 is 4.74 Å². The minimum Gasteiger partial charge on any atom is -0.494 e. The number of pyridine rings is 1. The van der Waals surface area contributed by atoms with Gasteiger partial charge in [-0.05, 0) is 60.7 Å². The van der Waals surface area contributed by atoms with Crippen LogP contribution in [0.15, 0.2) is 71.9 Å². The Morgan fingerprint density at radius 3 is 2.69 bits per heavy atom. The van der Waals surface area contributed by atoms with Gasteiger partial charge in [-0.3, -0.25) is 14.7 Å². The van der Waals surface area contributed by atoms with Crippen molar-refractivity contribution in [2.24, 2.45) is 0 Å². The van der Waals surface area contributed by atoms with Crippen LogP contribution < -0.4 is 9.64 Å². The maximum Gasteiger partial charge on any atom is 0.260 e. The molecular weight excluding hydrogens is 438 g/mol. The third-order valence-electron chi connectivity index (χ3n) is 5.00. The van der Waals surface area contributed by atoms with Crippen molar-refractivity contribution < 1.29 is 9.53 Å². The van der Waals surface area contributed by atoms with E-state index >= 15 is 0 Å². The number of hydrogen-bond acceptors (Lipinski definition) is 6. The number of nitrogens with zero attached hydrogens (tertiary/aromatic N) is 3. The topological polar surface area (TPSA) is 55.3 Å². The van der Waals surface area contributed by atoms with Crippen molar-refractivity contribution >= 4 is 44.4 Å². The smallest absolute Gasteiger partial charge is 0.260 e. The molecule has 2 heterocycles. The molecule has 0 aliphatic carbocycles. The molecule has 4 rings (SSSR count). The van der Waals surface area contributed by atoms with Crippen LogP contribution in [0.4, 0.5) is 5.13 Å². The molecule has 32 heavy (non-hydrogen) atoms. The number of hydrogen-bond donors (Lipinski definition) is 0. The fourth-order valence-electron chi connectivity index (χ4n) is 3.28. The van der Waals surface area contributed by atoms with Gasteiger partial charge in [-0.1, -0.05) is 36.8 Å².